The minimum Gasteiger partial charge on any atom is -0.497 e. The summed E-state index contributed by atoms with van der Waals surface area (Å²) in [6.07, 6.45) is 6.31. The molecule has 1 N–H and O–H groups in total. The maximum Gasteiger partial charge on any atom is 0.262 e. The molecule has 8 nitrogen and oxygen atoms in total. The van der Waals surface area contributed by atoms with Gasteiger partial charge >= 0.3 is 0 Å². The van der Waals surface area contributed by atoms with E-state index in [1.54, 1.807) is 7.11 Å². The number of benzene rings is 2. The minimum atomic E-state index is -0.493. The Bertz CT molecular complexity index is 1420. The lowest BCUT2D eigenvalue weighted by Gasteiger charge is -2.40. The fraction of sp³-hybridized carbons (Fsp3) is 0.641. The van der Waals surface area contributed by atoms with E-state index in [-0.39, 0.29) is 11.8 Å². The molecule has 2 heterocycles. The normalized spacial score (nSPS) is 22.2. The number of methoxy groups -OCH3 is 1. The van der Waals surface area contributed by atoms with Crippen LogP contribution in [0.25, 0.3) is 0 Å². The number of hydrogen-bond acceptors (Lipinski definition) is 7. The van der Waals surface area contributed by atoms with Gasteiger partial charge in [0.15, 0.2) is 0 Å². The van der Waals surface area contributed by atoms with Gasteiger partial charge in [-0.05, 0) is 99.2 Å². The SMILES string of the molecule is CCCC(CC)C(C)c1ccc(C(=O)NSN(C)C)cc1N1Cc2ccc(OC)cc2C2CC2(C(=O)N2CCC(N(CC)CC)CC2)C1. The third-order valence-corrected chi connectivity index (χ3v) is 12.1. The van der Waals surface area contributed by atoms with E-state index < -0.39 is 5.41 Å². The molecular formula is C39H59N5O3S. The van der Waals surface area contributed by atoms with Gasteiger partial charge in [0.2, 0.25) is 5.91 Å². The van der Waals surface area contributed by atoms with Crippen LogP contribution >= 0.6 is 12.1 Å². The molecule has 4 unspecified atom stereocenters. The van der Waals surface area contributed by atoms with Gasteiger partial charge < -0.3 is 19.4 Å². The number of carbonyl (C=O) groups excluding carboxylic acids is 2. The Hall–Kier alpha value is -2.75. The van der Waals surface area contributed by atoms with E-state index in [1.165, 1.54) is 28.8 Å². The van der Waals surface area contributed by atoms with Gasteiger partial charge in [-0.1, -0.05) is 66.0 Å². The predicted molar refractivity (Wildman–Crippen MR) is 199 cm³/mol. The summed E-state index contributed by atoms with van der Waals surface area (Å²) in [5.41, 5.74) is 4.98. The first-order valence-electron chi connectivity index (χ1n) is 18.3. The molecule has 0 radical (unpaired) electrons. The number of rotatable bonds is 14. The third-order valence-electron chi connectivity index (χ3n) is 11.5. The molecule has 264 valence electrons. The highest BCUT2D eigenvalue weighted by atomic mass is 32.2. The summed E-state index contributed by atoms with van der Waals surface area (Å²) < 4.78 is 10.6. The largest absolute Gasteiger partial charge is 0.497 e. The summed E-state index contributed by atoms with van der Waals surface area (Å²) in [6, 6.07) is 13.2. The van der Waals surface area contributed by atoms with Crippen molar-refractivity contribution < 1.29 is 14.3 Å². The van der Waals surface area contributed by atoms with Gasteiger partial charge in [0.1, 0.15) is 5.75 Å². The Balaban J connectivity index is 1.55. The van der Waals surface area contributed by atoms with Gasteiger partial charge in [0.25, 0.3) is 5.91 Å². The molecule has 1 saturated carbocycles. The number of nitrogens with zero attached hydrogens (tertiary/aromatic N) is 4. The van der Waals surface area contributed by atoms with Gasteiger partial charge in [-0.3, -0.25) is 14.3 Å². The van der Waals surface area contributed by atoms with E-state index in [4.69, 9.17) is 4.74 Å². The van der Waals surface area contributed by atoms with Gasteiger partial charge in [-0.2, -0.15) is 0 Å². The van der Waals surface area contributed by atoms with Crippen molar-refractivity contribution >= 4 is 29.6 Å². The number of ether oxygens (including phenoxy) is 1. The molecule has 1 aliphatic carbocycles. The molecule has 4 atom stereocenters. The number of piperidine rings is 1. The van der Waals surface area contributed by atoms with E-state index >= 15 is 0 Å². The Labute approximate surface area is 294 Å². The molecule has 0 spiro atoms. The number of nitrogens with one attached hydrogen (secondary N) is 1. The van der Waals surface area contributed by atoms with Crippen LogP contribution in [0.3, 0.4) is 0 Å². The predicted octanol–water partition coefficient (Wildman–Crippen LogP) is 7.31. The number of amides is 2. The van der Waals surface area contributed by atoms with Crippen molar-refractivity contribution in [2.24, 2.45) is 11.3 Å². The molecule has 0 aromatic heterocycles. The zero-order valence-corrected chi connectivity index (χ0v) is 31.5. The number of fused-ring (bicyclic) bond motifs is 3. The van der Waals surface area contributed by atoms with Crippen LogP contribution in [0.4, 0.5) is 5.69 Å². The molecule has 9 heteroatoms. The highest BCUT2D eigenvalue weighted by Gasteiger charge is 2.64. The number of hydrogen-bond donors (Lipinski definition) is 1. The minimum absolute atomic E-state index is 0.110. The Kier molecular flexibility index (Phi) is 12.1. The molecule has 2 aromatic rings. The van der Waals surface area contributed by atoms with Crippen molar-refractivity contribution in [2.75, 3.05) is 58.8 Å². The van der Waals surface area contributed by atoms with E-state index in [0.717, 1.165) is 76.1 Å². The van der Waals surface area contributed by atoms with Crippen LogP contribution in [-0.4, -0.2) is 85.9 Å². The van der Waals surface area contributed by atoms with Crippen LogP contribution in [0.15, 0.2) is 36.4 Å². The lowest BCUT2D eigenvalue weighted by molar-refractivity contribution is -0.138. The maximum absolute atomic E-state index is 14.8. The highest BCUT2D eigenvalue weighted by Crippen LogP contribution is 2.63. The van der Waals surface area contributed by atoms with E-state index in [0.29, 0.717) is 42.4 Å². The summed E-state index contributed by atoms with van der Waals surface area (Å²) in [5, 5.41) is 0. The molecule has 3 aliphatic rings. The van der Waals surface area contributed by atoms with Crippen LogP contribution in [0.5, 0.6) is 5.75 Å². The van der Waals surface area contributed by atoms with Crippen molar-refractivity contribution in [1.29, 1.82) is 0 Å². The molecule has 0 bridgehead atoms. The van der Waals surface area contributed by atoms with Crippen molar-refractivity contribution in [3.05, 3.63) is 58.7 Å². The lowest BCUT2D eigenvalue weighted by atomic mass is 9.81. The molecule has 5 rings (SSSR count). The van der Waals surface area contributed by atoms with E-state index in [9.17, 15) is 9.59 Å². The van der Waals surface area contributed by atoms with Gasteiger partial charge in [-0.25, -0.2) is 4.31 Å². The van der Waals surface area contributed by atoms with Crippen molar-refractivity contribution in [2.45, 2.75) is 97.6 Å². The maximum atomic E-state index is 14.8. The van der Waals surface area contributed by atoms with Crippen LogP contribution in [0, 0.1) is 11.3 Å². The van der Waals surface area contributed by atoms with Crippen molar-refractivity contribution in [3.8, 4) is 5.75 Å². The van der Waals surface area contributed by atoms with E-state index in [2.05, 4.69) is 78.3 Å². The molecule has 2 aliphatic heterocycles. The van der Waals surface area contributed by atoms with E-state index in [1.807, 2.05) is 30.5 Å². The summed E-state index contributed by atoms with van der Waals surface area (Å²) in [5.74, 6) is 2.05. The summed E-state index contributed by atoms with van der Waals surface area (Å²) in [7, 11) is 5.55. The lowest BCUT2D eigenvalue weighted by Crippen LogP contribution is -2.50. The van der Waals surface area contributed by atoms with Crippen LogP contribution in [-0.2, 0) is 11.3 Å². The highest BCUT2D eigenvalue weighted by molar-refractivity contribution is 7.95. The molecule has 1 saturated heterocycles. The molecule has 2 amide bonds. The van der Waals surface area contributed by atoms with Gasteiger partial charge in [0.05, 0.1) is 12.5 Å². The van der Waals surface area contributed by atoms with Crippen LogP contribution in [0.2, 0.25) is 0 Å². The topological polar surface area (TPSA) is 68.4 Å². The van der Waals surface area contributed by atoms with Gasteiger partial charge in [-0.15, -0.1) is 0 Å². The molecular weight excluding hydrogens is 619 g/mol. The Morgan fingerprint density at radius 3 is 2.42 bits per heavy atom. The van der Waals surface area contributed by atoms with Crippen LogP contribution in [0.1, 0.15) is 112 Å². The van der Waals surface area contributed by atoms with Crippen LogP contribution < -0.4 is 14.4 Å². The standard InChI is InChI=1S/C39H59N5O3S/c1-9-13-28(10-2)27(5)33-17-15-29(37(45)40-48-41(6)7)22-36(33)44-25-30-14-16-32(47-8)23-34(30)35-24-39(35,26-44)38(46)43-20-18-31(19-21-43)42(11-3)12-4/h14-17,22-23,27-28,31,35H,9-13,18-21,24-26H2,1-8H3,(H,40,45). The molecule has 48 heavy (non-hydrogen) atoms. The molecule has 2 aromatic carbocycles. The number of anilines is 1. The monoisotopic (exact) mass is 677 g/mol. The van der Waals surface area contributed by atoms with Gasteiger partial charge in [0, 0.05) is 61.5 Å². The fourth-order valence-corrected chi connectivity index (χ4v) is 8.97. The van der Waals surface area contributed by atoms with Crippen molar-refractivity contribution in [1.82, 2.24) is 18.8 Å². The summed E-state index contributed by atoms with van der Waals surface area (Å²) in [4.78, 5) is 35.4. The first kappa shape index (κ1) is 36.5. The van der Waals surface area contributed by atoms with Crippen molar-refractivity contribution in [3.63, 3.8) is 0 Å². The zero-order valence-electron chi connectivity index (χ0n) is 30.7. The average molecular weight is 678 g/mol. The summed E-state index contributed by atoms with van der Waals surface area (Å²) in [6.45, 7) is 16.4. The summed E-state index contributed by atoms with van der Waals surface area (Å²) >= 11 is 1.28. The average Bonchev–Trinajstić information content (AvgIpc) is 3.85. The number of likely N-dealkylation sites (tertiary alicyclic amines) is 1. The second kappa shape index (κ2) is 15.9. The smallest absolute Gasteiger partial charge is 0.262 e. The second-order valence-corrected chi connectivity index (χ2v) is 15.5. The Morgan fingerprint density at radius 2 is 1.79 bits per heavy atom. The second-order valence-electron chi connectivity index (χ2n) is 14.4. The zero-order chi connectivity index (χ0) is 34.6. The number of carbonyl (C=O) groups is 2. The first-order valence-corrected chi connectivity index (χ1v) is 19.1. The third kappa shape index (κ3) is 7.53. The Morgan fingerprint density at radius 1 is 1.06 bits per heavy atom. The first-order chi connectivity index (χ1) is 23.1. The fourth-order valence-electron chi connectivity index (χ4n) is 8.59. The quantitative estimate of drug-likeness (QED) is 0.211. The molecule has 2 fully saturated rings.